The predicted octanol–water partition coefficient (Wildman–Crippen LogP) is 17.0. The molecule has 0 amide bonds. The molecule has 68 heavy (non-hydrogen) atoms. The summed E-state index contributed by atoms with van der Waals surface area (Å²) in [5.41, 5.74) is 8.94. The van der Waals surface area contributed by atoms with Gasteiger partial charge in [-0.1, -0.05) is 12.1 Å². The number of nitrogens with zero attached hydrogens (tertiary/aromatic N) is 6. The molecule has 0 unspecified atom stereocenters. The van der Waals surface area contributed by atoms with Gasteiger partial charge >= 0.3 is 132 Å². The summed E-state index contributed by atoms with van der Waals surface area (Å²) in [4.78, 5) is 9.87. The number of hydrogen-bond donors (Lipinski definition) is 0. The molecule has 0 saturated carbocycles. The summed E-state index contributed by atoms with van der Waals surface area (Å²) >= 11 is 0. The first-order valence-electron chi connectivity index (χ1n) is 17.7. The average molecular weight is 1100 g/mol. The van der Waals surface area contributed by atoms with E-state index in [9.17, 15) is 101 Å². The molecule has 7 aliphatic heterocycles. The Labute approximate surface area is 365 Å². The van der Waals surface area contributed by atoms with Crippen molar-refractivity contribution in [3.63, 3.8) is 0 Å². The molecule has 6 aromatic heterocycles. The van der Waals surface area contributed by atoms with Crippen LogP contribution in [0.4, 0.5) is 101 Å². The van der Waals surface area contributed by atoms with Gasteiger partial charge in [0.2, 0.25) is 0 Å². The molecule has 0 N–H and O–H groups in total. The molecule has 34 heteroatoms. The second kappa shape index (κ2) is 16.3. The Balaban J connectivity index is 0.000000356. The van der Waals surface area contributed by atoms with Crippen molar-refractivity contribution in [1.82, 2.24) is 9.97 Å². The van der Waals surface area contributed by atoms with Crippen LogP contribution in [-0.2, 0) is 26.2 Å². The molecule has 0 atom stereocenters. The number of pyridine rings is 6. The molecule has 0 aliphatic carbocycles. The van der Waals surface area contributed by atoms with Crippen LogP contribution in [0.15, 0.2) is 135 Å². The Bertz CT molecular complexity index is 2290. The summed E-state index contributed by atoms with van der Waals surface area (Å²) < 4.78 is 245. The van der Waals surface area contributed by atoms with Crippen molar-refractivity contribution in [1.29, 1.82) is 0 Å². The first kappa shape index (κ1) is 57.3. The molecule has 6 aromatic rings. The number of halogens is 24. The van der Waals surface area contributed by atoms with Gasteiger partial charge in [-0.3, -0.25) is 0 Å². The standard InChI is InChI=1S/C34H30N6.4F6P/c1-3-31-23-37-15-7-27(8-16-37)29-11-19-39(20-12-29)25-33-5-2-6-34(36-33)26-40-21-13-30(14-22-40)28-9-17-38(18-10-28)24-32(4-1)35-31;4*1-7(2,3,4,5)6/h1-22H,23-26H2;;;;/q+4;4*-1. The Hall–Kier alpha value is -5.06. The number of hydrogen-bond acceptors (Lipinski definition) is 2. The second-order valence-corrected chi connectivity index (χ2v) is 21.8. The third kappa shape index (κ3) is 35.1. The van der Waals surface area contributed by atoms with Gasteiger partial charge < -0.3 is 0 Å². The Morgan fingerprint density at radius 3 is 0.515 bits per heavy atom. The quantitative estimate of drug-likeness (QED) is 0.0863. The van der Waals surface area contributed by atoms with Crippen molar-refractivity contribution in [3.8, 4) is 22.3 Å². The molecule has 0 radical (unpaired) electrons. The van der Waals surface area contributed by atoms with Crippen molar-refractivity contribution in [3.05, 3.63) is 157 Å². The van der Waals surface area contributed by atoms with E-state index in [0.717, 1.165) is 49.0 Å². The third-order valence-corrected chi connectivity index (χ3v) is 7.34. The molecule has 0 saturated heterocycles. The minimum absolute atomic E-state index is 0.729. The molecule has 13 heterocycles. The SMILES string of the molecule is F[P-](F)(F)(F)(F)F.F[P-](F)(F)(F)(F)F.F[P-](F)(F)(F)(F)F.F[P-](F)(F)(F)(F)F.c1cc2nc(c1)C[n+]1ccc(cc1)-c1cc[n+](cc1)Cc1cccc(n1)C[n+]1ccc(cc1)-c1cc[n+](cc1)C2. The van der Waals surface area contributed by atoms with Gasteiger partial charge in [0.1, 0.15) is 22.8 Å². The van der Waals surface area contributed by atoms with Crippen molar-refractivity contribution >= 4 is 31.2 Å². The fourth-order valence-corrected chi connectivity index (χ4v) is 5.18. The first-order valence-corrected chi connectivity index (χ1v) is 25.8. The maximum absolute atomic E-state index is 10.7. The van der Waals surface area contributed by atoms with Gasteiger partial charge in [0, 0.05) is 48.5 Å². The molecule has 0 fully saturated rings. The summed E-state index contributed by atoms with van der Waals surface area (Å²) in [6.45, 7) is 2.92. The predicted molar refractivity (Wildman–Crippen MR) is 204 cm³/mol. The monoisotopic (exact) mass is 1100 g/mol. The summed E-state index contributed by atoms with van der Waals surface area (Å²) in [6.07, 6.45) is 17.0. The Morgan fingerprint density at radius 2 is 0.382 bits per heavy atom. The molecular weight excluding hydrogens is 1070 g/mol. The molecule has 13 rings (SSSR count). The van der Waals surface area contributed by atoms with Crippen molar-refractivity contribution in [2.75, 3.05) is 0 Å². The Morgan fingerprint density at radius 1 is 0.250 bits per heavy atom. The number of aromatic nitrogens is 6. The molecule has 7 aliphatic rings. The maximum atomic E-state index is 9.87. The summed E-state index contributed by atoms with van der Waals surface area (Å²) in [5.74, 6) is 0. The van der Waals surface area contributed by atoms with Gasteiger partial charge in [-0.2, -0.15) is 18.3 Å². The largest absolute Gasteiger partial charge is 0.244 e. The molecule has 0 aromatic carbocycles. The molecular formula is C34H30F24N6P4. The second-order valence-electron chi connectivity index (χ2n) is 14.1. The van der Waals surface area contributed by atoms with Gasteiger partial charge in [-0.15, -0.1) is 0 Å². The van der Waals surface area contributed by atoms with Gasteiger partial charge in [0.25, 0.3) is 0 Å². The van der Waals surface area contributed by atoms with Crippen LogP contribution in [0, 0.1) is 0 Å². The minimum atomic E-state index is -10.7. The zero-order valence-corrected chi connectivity index (χ0v) is 36.7. The molecule has 6 nitrogen and oxygen atoms in total. The fourth-order valence-electron chi connectivity index (χ4n) is 5.18. The van der Waals surface area contributed by atoms with Crippen LogP contribution < -0.4 is 18.3 Å². The Kier molecular flexibility index (Phi) is 13.7. The zero-order chi connectivity index (χ0) is 52.4. The first-order chi connectivity index (χ1) is 29.5. The molecule has 384 valence electrons. The smallest absolute Gasteiger partial charge is 0.190 e. The van der Waals surface area contributed by atoms with E-state index in [1.54, 1.807) is 0 Å². The zero-order valence-electron chi connectivity index (χ0n) is 33.1. The third-order valence-electron chi connectivity index (χ3n) is 7.34. The van der Waals surface area contributed by atoms with E-state index in [2.05, 4.69) is 153 Å². The van der Waals surface area contributed by atoms with Gasteiger partial charge in [-0.25, -0.2) is 9.97 Å². The van der Waals surface area contributed by atoms with Crippen LogP contribution in [0.25, 0.3) is 22.3 Å². The van der Waals surface area contributed by atoms with E-state index in [1.807, 2.05) is 0 Å². The van der Waals surface area contributed by atoms with E-state index in [4.69, 9.17) is 9.97 Å². The fraction of sp³-hybridized carbons (Fsp3) is 0.118. The van der Waals surface area contributed by atoms with E-state index in [1.165, 1.54) is 22.3 Å². The van der Waals surface area contributed by atoms with Crippen LogP contribution in [0.1, 0.15) is 22.8 Å². The molecule has 0 spiro atoms. The molecule has 12 bridgehead atoms. The van der Waals surface area contributed by atoms with Crippen molar-refractivity contribution < 1.29 is 119 Å². The van der Waals surface area contributed by atoms with Gasteiger partial charge in [0.05, 0.1) is 0 Å². The minimum Gasteiger partial charge on any atom is -0.244 e. The van der Waals surface area contributed by atoms with Crippen LogP contribution in [0.3, 0.4) is 0 Å². The number of rotatable bonds is 0. The normalized spacial score (nSPS) is 16.9. The topological polar surface area (TPSA) is 41.3 Å². The van der Waals surface area contributed by atoms with Crippen LogP contribution in [0.5, 0.6) is 0 Å². The average Bonchev–Trinajstić information content (AvgIpc) is 3.08. The van der Waals surface area contributed by atoms with Crippen LogP contribution in [0.2, 0.25) is 0 Å². The summed E-state index contributed by atoms with van der Waals surface area (Å²) in [5, 5.41) is 0. The van der Waals surface area contributed by atoms with Gasteiger partial charge in [0.15, 0.2) is 75.8 Å². The van der Waals surface area contributed by atoms with E-state index in [-0.39, 0.29) is 0 Å². The van der Waals surface area contributed by atoms with E-state index < -0.39 is 31.2 Å². The van der Waals surface area contributed by atoms with Crippen molar-refractivity contribution in [2.24, 2.45) is 0 Å². The van der Waals surface area contributed by atoms with Crippen LogP contribution >= 0.6 is 31.2 Å². The van der Waals surface area contributed by atoms with E-state index in [0.29, 0.717) is 0 Å². The van der Waals surface area contributed by atoms with E-state index >= 15 is 0 Å². The maximum Gasteiger partial charge on any atom is 0.190 e. The summed E-state index contributed by atoms with van der Waals surface area (Å²) in [7, 11) is -42.6. The summed E-state index contributed by atoms with van der Waals surface area (Å²) in [6, 6.07) is 29.9. The van der Waals surface area contributed by atoms with Gasteiger partial charge in [-0.05, 0) is 46.5 Å². The van der Waals surface area contributed by atoms with Crippen molar-refractivity contribution in [2.45, 2.75) is 26.2 Å². The van der Waals surface area contributed by atoms with Crippen LogP contribution in [-0.4, -0.2) is 9.97 Å².